The summed E-state index contributed by atoms with van der Waals surface area (Å²) >= 11 is 0. The Kier molecular flexibility index (Phi) is 2.26. The summed E-state index contributed by atoms with van der Waals surface area (Å²) in [5.41, 5.74) is 1.08. The van der Waals surface area contributed by atoms with E-state index in [1.165, 1.54) is 0 Å². The fraction of sp³-hybridized carbons (Fsp3) is 0.300. The van der Waals surface area contributed by atoms with Gasteiger partial charge in [0.1, 0.15) is 11.5 Å². The summed E-state index contributed by atoms with van der Waals surface area (Å²) in [7, 11) is 1.63. The molecule has 0 saturated heterocycles. The van der Waals surface area contributed by atoms with E-state index < -0.39 is 0 Å². The molecule has 0 atom stereocenters. The Labute approximate surface area is 81.8 Å². The summed E-state index contributed by atoms with van der Waals surface area (Å²) in [6.45, 7) is 0. The van der Waals surface area contributed by atoms with Crippen LogP contribution < -0.4 is 9.47 Å². The standard InChI is InChI=1S/C10H11NO3/c1-13-8-3-4-9-7(6-8)2-5-10(11-12)14-9/h3-4,6,12H,2,5H2,1H3/b11-10+. The second-order valence-electron chi connectivity index (χ2n) is 3.07. The van der Waals surface area contributed by atoms with Crippen LogP contribution in [0.1, 0.15) is 12.0 Å². The van der Waals surface area contributed by atoms with Crippen molar-refractivity contribution < 1.29 is 14.7 Å². The molecule has 0 aromatic heterocycles. The minimum absolute atomic E-state index is 0.364. The molecule has 0 unspecified atom stereocenters. The van der Waals surface area contributed by atoms with Crippen LogP contribution in [0, 0.1) is 0 Å². The normalized spacial score (nSPS) is 17.4. The Bertz CT molecular complexity index is 374. The zero-order valence-corrected chi connectivity index (χ0v) is 7.86. The molecule has 1 heterocycles. The minimum Gasteiger partial charge on any atom is -0.497 e. The number of benzene rings is 1. The lowest BCUT2D eigenvalue weighted by Gasteiger charge is -2.17. The number of ether oxygens (including phenoxy) is 2. The van der Waals surface area contributed by atoms with Crippen LogP contribution in [0.4, 0.5) is 0 Å². The monoisotopic (exact) mass is 193 g/mol. The predicted octanol–water partition coefficient (Wildman–Crippen LogP) is 1.81. The van der Waals surface area contributed by atoms with Crippen molar-refractivity contribution >= 4 is 5.90 Å². The van der Waals surface area contributed by atoms with Gasteiger partial charge in [0.15, 0.2) is 0 Å². The molecule has 0 saturated carbocycles. The highest BCUT2D eigenvalue weighted by Gasteiger charge is 2.16. The third kappa shape index (κ3) is 1.51. The lowest BCUT2D eigenvalue weighted by Crippen LogP contribution is -2.16. The van der Waals surface area contributed by atoms with Crippen LogP contribution in [0.25, 0.3) is 0 Å². The summed E-state index contributed by atoms with van der Waals surface area (Å²) in [5.74, 6) is 1.92. The molecule has 0 radical (unpaired) electrons. The molecule has 1 aliphatic rings. The first-order valence-corrected chi connectivity index (χ1v) is 4.39. The van der Waals surface area contributed by atoms with E-state index in [0.717, 1.165) is 23.5 Å². The van der Waals surface area contributed by atoms with Gasteiger partial charge in [-0.15, -0.1) is 0 Å². The van der Waals surface area contributed by atoms with Gasteiger partial charge < -0.3 is 14.7 Å². The van der Waals surface area contributed by atoms with Crippen LogP contribution in [0.2, 0.25) is 0 Å². The van der Waals surface area contributed by atoms with Crippen LogP contribution >= 0.6 is 0 Å². The molecule has 0 spiro atoms. The molecule has 1 N–H and O–H groups in total. The van der Waals surface area contributed by atoms with Crippen molar-refractivity contribution in [3.05, 3.63) is 23.8 Å². The number of methoxy groups -OCH3 is 1. The number of rotatable bonds is 1. The first kappa shape index (κ1) is 8.87. The molecule has 0 fully saturated rings. The molecule has 4 heteroatoms. The van der Waals surface area contributed by atoms with Gasteiger partial charge in [-0.05, 0) is 30.2 Å². The van der Waals surface area contributed by atoms with Crippen molar-refractivity contribution in [1.82, 2.24) is 0 Å². The van der Waals surface area contributed by atoms with Gasteiger partial charge in [0.25, 0.3) is 0 Å². The Morgan fingerprint density at radius 3 is 3.00 bits per heavy atom. The number of hydrogen-bond acceptors (Lipinski definition) is 4. The highest BCUT2D eigenvalue weighted by molar-refractivity contribution is 5.80. The van der Waals surface area contributed by atoms with E-state index in [0.29, 0.717) is 12.3 Å². The Morgan fingerprint density at radius 2 is 2.29 bits per heavy atom. The van der Waals surface area contributed by atoms with Gasteiger partial charge in [0.2, 0.25) is 5.90 Å². The van der Waals surface area contributed by atoms with Crippen molar-refractivity contribution in [2.24, 2.45) is 5.16 Å². The lowest BCUT2D eigenvalue weighted by atomic mass is 10.1. The number of fused-ring (bicyclic) bond motifs is 1. The van der Waals surface area contributed by atoms with Crippen LogP contribution in [0.5, 0.6) is 11.5 Å². The van der Waals surface area contributed by atoms with E-state index in [4.69, 9.17) is 14.7 Å². The number of aryl methyl sites for hydroxylation is 1. The smallest absolute Gasteiger partial charge is 0.231 e. The average molecular weight is 193 g/mol. The maximum atomic E-state index is 8.56. The van der Waals surface area contributed by atoms with Gasteiger partial charge in [-0.1, -0.05) is 5.16 Å². The molecule has 1 aromatic carbocycles. The largest absolute Gasteiger partial charge is 0.497 e. The van der Waals surface area contributed by atoms with E-state index >= 15 is 0 Å². The van der Waals surface area contributed by atoms with Crippen LogP contribution in [0.3, 0.4) is 0 Å². The van der Waals surface area contributed by atoms with Crippen molar-refractivity contribution in [2.75, 3.05) is 7.11 Å². The molecule has 2 rings (SSSR count). The lowest BCUT2D eigenvalue weighted by molar-refractivity contribution is 0.298. The van der Waals surface area contributed by atoms with E-state index in [2.05, 4.69) is 5.16 Å². The summed E-state index contributed by atoms with van der Waals surface area (Å²) < 4.78 is 10.4. The molecule has 1 aliphatic heterocycles. The molecule has 0 aliphatic carbocycles. The zero-order valence-electron chi connectivity index (χ0n) is 7.86. The van der Waals surface area contributed by atoms with Crippen molar-refractivity contribution in [2.45, 2.75) is 12.8 Å². The molecule has 4 nitrogen and oxygen atoms in total. The summed E-state index contributed by atoms with van der Waals surface area (Å²) in [6, 6.07) is 5.57. The Morgan fingerprint density at radius 1 is 1.43 bits per heavy atom. The highest BCUT2D eigenvalue weighted by atomic mass is 16.5. The quantitative estimate of drug-likeness (QED) is 0.546. The third-order valence-corrected chi connectivity index (χ3v) is 2.22. The highest BCUT2D eigenvalue weighted by Crippen LogP contribution is 2.29. The second-order valence-corrected chi connectivity index (χ2v) is 3.07. The third-order valence-electron chi connectivity index (χ3n) is 2.22. The molecule has 1 aromatic rings. The van der Waals surface area contributed by atoms with Gasteiger partial charge in [0, 0.05) is 6.42 Å². The van der Waals surface area contributed by atoms with Crippen molar-refractivity contribution in [3.8, 4) is 11.5 Å². The number of hydrogen-bond donors (Lipinski definition) is 1. The minimum atomic E-state index is 0.364. The predicted molar refractivity (Wildman–Crippen MR) is 51.2 cm³/mol. The maximum absolute atomic E-state index is 8.56. The topological polar surface area (TPSA) is 51.0 Å². The molecular formula is C10H11NO3. The average Bonchev–Trinajstić information content (AvgIpc) is 2.27. The summed E-state index contributed by atoms with van der Waals surface area (Å²) in [5, 5.41) is 11.6. The Balaban J connectivity index is 2.32. The zero-order chi connectivity index (χ0) is 9.97. The van der Waals surface area contributed by atoms with Gasteiger partial charge in [-0.2, -0.15) is 0 Å². The first-order chi connectivity index (χ1) is 6.83. The van der Waals surface area contributed by atoms with Gasteiger partial charge in [0.05, 0.1) is 7.11 Å². The van der Waals surface area contributed by atoms with Crippen LogP contribution in [-0.4, -0.2) is 18.2 Å². The molecule has 14 heavy (non-hydrogen) atoms. The van der Waals surface area contributed by atoms with Crippen LogP contribution in [-0.2, 0) is 6.42 Å². The van der Waals surface area contributed by atoms with Crippen molar-refractivity contribution in [3.63, 3.8) is 0 Å². The fourth-order valence-corrected chi connectivity index (χ4v) is 1.47. The SMILES string of the molecule is COc1ccc2c(c1)CC/C(=N\O)O2. The number of nitrogens with zero attached hydrogens (tertiary/aromatic N) is 1. The molecule has 74 valence electrons. The van der Waals surface area contributed by atoms with E-state index in [1.807, 2.05) is 18.2 Å². The van der Waals surface area contributed by atoms with E-state index in [1.54, 1.807) is 7.11 Å². The van der Waals surface area contributed by atoms with Gasteiger partial charge in [-0.3, -0.25) is 0 Å². The van der Waals surface area contributed by atoms with Crippen molar-refractivity contribution in [1.29, 1.82) is 0 Å². The molecular weight excluding hydrogens is 182 g/mol. The summed E-state index contributed by atoms with van der Waals surface area (Å²) in [4.78, 5) is 0. The Hall–Kier alpha value is -1.71. The van der Waals surface area contributed by atoms with Gasteiger partial charge in [-0.25, -0.2) is 0 Å². The van der Waals surface area contributed by atoms with E-state index in [9.17, 15) is 0 Å². The van der Waals surface area contributed by atoms with Gasteiger partial charge >= 0.3 is 0 Å². The van der Waals surface area contributed by atoms with Crippen LogP contribution in [0.15, 0.2) is 23.4 Å². The fourth-order valence-electron chi connectivity index (χ4n) is 1.47. The molecule has 0 amide bonds. The number of oxime groups is 1. The molecule has 0 bridgehead atoms. The first-order valence-electron chi connectivity index (χ1n) is 4.39. The van der Waals surface area contributed by atoms with E-state index in [-0.39, 0.29) is 0 Å². The summed E-state index contributed by atoms with van der Waals surface area (Å²) in [6.07, 6.45) is 1.43. The maximum Gasteiger partial charge on any atom is 0.231 e. The second kappa shape index (κ2) is 3.57.